The number of methoxy groups -OCH3 is 1. The van der Waals surface area contributed by atoms with Gasteiger partial charge < -0.3 is 4.74 Å². The van der Waals surface area contributed by atoms with Crippen molar-refractivity contribution in [1.82, 2.24) is 0 Å². The third-order valence-corrected chi connectivity index (χ3v) is 9.64. The zero-order valence-electron chi connectivity index (χ0n) is 16.9. The van der Waals surface area contributed by atoms with Crippen LogP contribution in [0.1, 0.15) is 18.1 Å². The van der Waals surface area contributed by atoms with Crippen LogP contribution in [0.3, 0.4) is 0 Å². The molecule has 3 aromatic rings. The average molecular weight is 461 g/mol. The summed E-state index contributed by atoms with van der Waals surface area (Å²) in [5.41, 5.74) is -0.269. The molecule has 0 saturated heterocycles. The first-order valence-electron chi connectivity index (χ1n) is 9.30. The summed E-state index contributed by atoms with van der Waals surface area (Å²) < 4.78 is 72.9. The van der Waals surface area contributed by atoms with Gasteiger partial charge in [-0.1, -0.05) is 60.7 Å². The van der Waals surface area contributed by atoms with E-state index in [-0.39, 0.29) is 5.75 Å². The second-order valence-electron chi connectivity index (χ2n) is 6.60. The Morgan fingerprint density at radius 3 is 1.68 bits per heavy atom. The fourth-order valence-electron chi connectivity index (χ4n) is 3.27. The van der Waals surface area contributed by atoms with E-state index in [9.17, 15) is 16.8 Å². The van der Waals surface area contributed by atoms with Crippen LogP contribution in [-0.2, 0) is 24.0 Å². The van der Waals surface area contributed by atoms with Crippen molar-refractivity contribution in [2.45, 2.75) is 21.0 Å². The third-order valence-electron chi connectivity index (χ3n) is 4.72. The summed E-state index contributed by atoms with van der Waals surface area (Å²) in [7, 11) is -8.93. The van der Waals surface area contributed by atoms with E-state index in [2.05, 4.69) is 0 Å². The predicted octanol–water partition coefficient (Wildman–Crippen LogP) is 4.76. The molecule has 0 fully saturated rings. The highest BCUT2D eigenvalue weighted by atomic mass is 32.3. The van der Waals surface area contributed by atoms with Gasteiger partial charge in [-0.2, -0.15) is 0 Å². The van der Waals surface area contributed by atoms with Crippen molar-refractivity contribution in [2.75, 3.05) is 7.11 Å². The van der Waals surface area contributed by atoms with Crippen LogP contribution in [0.4, 0.5) is 4.39 Å². The second-order valence-corrected chi connectivity index (χ2v) is 10.9. The molecule has 0 aliphatic heterocycles. The first-order chi connectivity index (χ1) is 14.7. The minimum absolute atomic E-state index is 0.179. The fourth-order valence-corrected chi connectivity index (χ4v) is 7.54. The van der Waals surface area contributed by atoms with Crippen LogP contribution in [0, 0.1) is 0 Å². The van der Waals surface area contributed by atoms with Crippen LogP contribution in [0.25, 0.3) is 6.08 Å². The lowest BCUT2D eigenvalue weighted by Crippen LogP contribution is -2.40. The maximum Gasteiger partial charge on any atom is 0.346 e. The van der Waals surface area contributed by atoms with Gasteiger partial charge in [0.05, 0.1) is 22.5 Å². The van der Waals surface area contributed by atoms with Gasteiger partial charge in [-0.3, -0.25) is 0 Å². The van der Waals surface area contributed by atoms with Gasteiger partial charge in [0.2, 0.25) is 19.7 Å². The van der Waals surface area contributed by atoms with Crippen molar-refractivity contribution < 1.29 is 26.0 Å². The SMILES string of the molecule is CC=Cc1cccc(C(F)(S(=O)(=O)c2ccccc2)S(=O)(=O)c2ccccc2)c1OC. The van der Waals surface area contributed by atoms with Crippen molar-refractivity contribution in [2.24, 2.45) is 0 Å². The predicted molar refractivity (Wildman–Crippen MR) is 118 cm³/mol. The number of hydrogen-bond donors (Lipinski definition) is 0. The number of sulfone groups is 2. The molecular weight excluding hydrogens is 439 g/mol. The Hall–Kier alpha value is -2.97. The lowest BCUT2D eigenvalue weighted by molar-refractivity contribution is 0.341. The van der Waals surface area contributed by atoms with Gasteiger partial charge >= 0.3 is 4.33 Å². The fraction of sp³-hybridized carbons (Fsp3) is 0.130. The van der Waals surface area contributed by atoms with Crippen LogP contribution < -0.4 is 4.74 Å². The molecule has 5 nitrogen and oxygen atoms in total. The Kier molecular flexibility index (Phi) is 6.33. The van der Waals surface area contributed by atoms with Crippen LogP contribution in [0.2, 0.25) is 0 Å². The van der Waals surface area contributed by atoms with Crippen molar-refractivity contribution in [1.29, 1.82) is 0 Å². The van der Waals surface area contributed by atoms with E-state index in [1.165, 1.54) is 37.4 Å². The zero-order valence-corrected chi connectivity index (χ0v) is 18.5. The Labute approximate surface area is 181 Å². The lowest BCUT2D eigenvalue weighted by Gasteiger charge is -2.28. The van der Waals surface area contributed by atoms with E-state index in [0.29, 0.717) is 5.56 Å². The van der Waals surface area contributed by atoms with Gasteiger partial charge in [-0.05, 0) is 37.3 Å². The summed E-state index contributed by atoms with van der Waals surface area (Å²) in [5, 5.41) is 0. The van der Waals surface area contributed by atoms with E-state index in [4.69, 9.17) is 4.74 Å². The smallest absolute Gasteiger partial charge is 0.346 e. The maximum absolute atomic E-state index is 17.0. The molecule has 0 aliphatic carbocycles. The molecule has 0 aromatic heterocycles. The van der Waals surface area contributed by atoms with Crippen molar-refractivity contribution >= 4 is 25.8 Å². The number of ether oxygens (including phenoxy) is 1. The van der Waals surface area contributed by atoms with Gasteiger partial charge in [-0.25, -0.2) is 21.2 Å². The van der Waals surface area contributed by atoms with E-state index in [1.54, 1.807) is 37.3 Å². The van der Waals surface area contributed by atoms with Gasteiger partial charge in [0.15, 0.2) is 0 Å². The highest BCUT2D eigenvalue weighted by Gasteiger charge is 2.60. The van der Waals surface area contributed by atoms with Gasteiger partial charge in [0, 0.05) is 5.56 Å². The molecule has 0 unspecified atom stereocenters. The van der Waals surface area contributed by atoms with Crippen LogP contribution in [-0.4, -0.2) is 23.9 Å². The number of halogens is 1. The van der Waals surface area contributed by atoms with Gasteiger partial charge in [0.1, 0.15) is 5.75 Å². The van der Waals surface area contributed by atoms with Crippen LogP contribution in [0.15, 0.2) is 94.7 Å². The normalized spacial score (nSPS) is 12.7. The Bertz CT molecular complexity index is 1230. The van der Waals surface area contributed by atoms with Crippen LogP contribution in [0.5, 0.6) is 5.75 Å². The van der Waals surface area contributed by atoms with Crippen molar-refractivity contribution in [3.8, 4) is 5.75 Å². The number of para-hydroxylation sites is 1. The van der Waals surface area contributed by atoms with Crippen molar-refractivity contribution in [3.05, 3.63) is 96.1 Å². The Morgan fingerprint density at radius 2 is 1.26 bits per heavy atom. The van der Waals surface area contributed by atoms with Gasteiger partial charge in [0.25, 0.3) is 0 Å². The standard InChI is InChI=1S/C23H21FO5S2/c1-3-11-18-12-10-17-21(22(18)29-2)23(24,30(25,26)19-13-6-4-7-14-19)31(27,28)20-15-8-5-9-16-20/h3-17H,1-2H3. The molecule has 0 bridgehead atoms. The lowest BCUT2D eigenvalue weighted by atomic mass is 10.1. The molecule has 0 N–H and O–H groups in total. The minimum Gasteiger partial charge on any atom is -0.496 e. The maximum atomic E-state index is 17.0. The zero-order chi connectivity index (χ0) is 22.7. The van der Waals surface area contributed by atoms with Crippen LogP contribution >= 0.6 is 0 Å². The minimum atomic E-state index is -5.08. The molecule has 3 aromatic carbocycles. The summed E-state index contributed by atoms with van der Waals surface area (Å²) >= 11 is 0. The van der Waals surface area contributed by atoms with Gasteiger partial charge in [-0.15, -0.1) is 0 Å². The summed E-state index contributed by atoms with van der Waals surface area (Å²) in [6, 6.07) is 17.4. The molecule has 0 spiro atoms. The summed E-state index contributed by atoms with van der Waals surface area (Å²) in [4.78, 5) is -0.925. The second kappa shape index (κ2) is 8.64. The molecule has 0 amide bonds. The first kappa shape index (κ1) is 22.7. The quantitative estimate of drug-likeness (QED) is 0.508. The number of rotatable bonds is 7. The monoisotopic (exact) mass is 460 g/mol. The Morgan fingerprint density at radius 1 is 0.774 bits per heavy atom. The molecule has 8 heteroatoms. The average Bonchev–Trinajstić information content (AvgIpc) is 2.79. The molecular formula is C23H21FO5S2. The third kappa shape index (κ3) is 3.66. The number of allylic oxidation sites excluding steroid dienone is 1. The highest BCUT2D eigenvalue weighted by Crippen LogP contribution is 2.49. The molecule has 0 heterocycles. The Balaban J connectivity index is 2.47. The largest absolute Gasteiger partial charge is 0.496 e. The summed E-state index contributed by atoms with van der Waals surface area (Å²) in [6.45, 7) is 1.72. The first-order valence-corrected chi connectivity index (χ1v) is 12.3. The molecule has 0 saturated carbocycles. The number of hydrogen-bond acceptors (Lipinski definition) is 5. The topological polar surface area (TPSA) is 77.5 Å². The molecule has 3 rings (SSSR count). The van der Waals surface area contributed by atoms with E-state index in [0.717, 1.165) is 30.3 Å². The molecule has 162 valence electrons. The summed E-state index contributed by atoms with van der Waals surface area (Å²) in [6.07, 6.45) is 3.23. The van der Waals surface area contributed by atoms with Crippen molar-refractivity contribution in [3.63, 3.8) is 0 Å². The molecule has 0 aliphatic rings. The van der Waals surface area contributed by atoms with E-state index in [1.807, 2.05) is 0 Å². The molecule has 0 atom stereocenters. The van der Waals surface area contributed by atoms with E-state index < -0.39 is 39.4 Å². The highest BCUT2D eigenvalue weighted by molar-refractivity contribution is 8.09. The number of benzene rings is 3. The van der Waals surface area contributed by atoms with E-state index >= 15 is 4.39 Å². The summed E-state index contributed by atoms with van der Waals surface area (Å²) in [5.74, 6) is -0.179. The molecule has 31 heavy (non-hydrogen) atoms. The number of alkyl halides is 1. The molecule has 0 radical (unpaired) electrons.